The van der Waals surface area contributed by atoms with Crippen LogP contribution in [0.5, 0.6) is 0 Å². The van der Waals surface area contributed by atoms with Gasteiger partial charge in [-0.2, -0.15) is 0 Å². The molecule has 106 valence electrons. The molecule has 0 N–H and O–H groups in total. The number of ether oxygens (including phenoxy) is 1. The van der Waals surface area contributed by atoms with Gasteiger partial charge in [0.25, 0.3) is 0 Å². The van der Waals surface area contributed by atoms with E-state index >= 15 is 0 Å². The van der Waals surface area contributed by atoms with Gasteiger partial charge in [-0.1, -0.05) is 12.1 Å². The second-order valence-electron chi connectivity index (χ2n) is 5.65. The fraction of sp³-hybridized carbons (Fsp3) is 0.438. The first-order valence-corrected chi connectivity index (χ1v) is 6.61. The SMILES string of the molecule is [2H]C(=O)CC(C(C)=O)c1ccc(C2=NC(C)(C)CO2)cc1. The molecule has 1 aromatic rings. The molecule has 0 aliphatic carbocycles. The Morgan fingerprint density at radius 3 is 2.60 bits per heavy atom. The van der Waals surface area contributed by atoms with Crippen molar-refractivity contribution in [3.63, 3.8) is 0 Å². The van der Waals surface area contributed by atoms with E-state index in [1.165, 1.54) is 6.92 Å². The lowest BCUT2D eigenvalue weighted by atomic mass is 9.92. The summed E-state index contributed by atoms with van der Waals surface area (Å²) >= 11 is 0. The van der Waals surface area contributed by atoms with E-state index in [0.717, 1.165) is 11.1 Å². The molecule has 0 amide bonds. The van der Waals surface area contributed by atoms with E-state index < -0.39 is 12.2 Å². The summed E-state index contributed by atoms with van der Waals surface area (Å²) in [4.78, 5) is 27.1. The number of aldehydes is 1. The van der Waals surface area contributed by atoms with Gasteiger partial charge in [0.1, 0.15) is 20.0 Å². The third kappa shape index (κ3) is 3.13. The summed E-state index contributed by atoms with van der Waals surface area (Å²) in [5.41, 5.74) is 1.38. The fourth-order valence-corrected chi connectivity index (χ4v) is 2.17. The number of nitrogens with zero attached hydrogens (tertiary/aromatic N) is 1. The molecule has 1 aliphatic heterocycles. The second-order valence-corrected chi connectivity index (χ2v) is 5.65. The van der Waals surface area contributed by atoms with Gasteiger partial charge in [0.05, 0.1) is 5.54 Å². The highest BCUT2D eigenvalue weighted by Crippen LogP contribution is 2.24. The maximum Gasteiger partial charge on any atom is 0.216 e. The Morgan fingerprint density at radius 2 is 2.15 bits per heavy atom. The van der Waals surface area contributed by atoms with E-state index in [9.17, 15) is 9.59 Å². The highest BCUT2D eigenvalue weighted by Gasteiger charge is 2.27. The first kappa shape index (κ1) is 13.0. The molecule has 1 unspecified atom stereocenters. The molecule has 0 spiro atoms. The summed E-state index contributed by atoms with van der Waals surface area (Å²) in [7, 11) is 0. The minimum Gasteiger partial charge on any atom is -0.475 e. The van der Waals surface area contributed by atoms with E-state index in [1.807, 2.05) is 26.0 Å². The van der Waals surface area contributed by atoms with Gasteiger partial charge in [0.15, 0.2) is 0 Å². The summed E-state index contributed by atoms with van der Waals surface area (Å²) in [6.07, 6.45) is -0.816. The number of rotatable bonds is 5. The van der Waals surface area contributed by atoms with Gasteiger partial charge in [-0.05, 0) is 38.5 Å². The molecule has 1 heterocycles. The van der Waals surface area contributed by atoms with Crippen LogP contribution in [0.1, 0.15) is 45.6 Å². The topological polar surface area (TPSA) is 55.7 Å². The minimum absolute atomic E-state index is 0.0842. The van der Waals surface area contributed by atoms with Crippen molar-refractivity contribution in [2.45, 2.75) is 38.6 Å². The fourth-order valence-electron chi connectivity index (χ4n) is 2.17. The number of aliphatic imine (C=N–C) groups is 1. The molecule has 0 bridgehead atoms. The van der Waals surface area contributed by atoms with Crippen molar-refractivity contribution in [1.82, 2.24) is 0 Å². The van der Waals surface area contributed by atoms with Gasteiger partial charge in [0.2, 0.25) is 5.90 Å². The van der Waals surface area contributed by atoms with Crippen LogP contribution in [0.4, 0.5) is 0 Å². The molecule has 0 aromatic heterocycles. The molecule has 20 heavy (non-hydrogen) atoms. The zero-order chi connectivity index (χ0) is 15.6. The molecule has 1 aliphatic rings. The summed E-state index contributed by atoms with van der Waals surface area (Å²) in [6, 6.07) is 7.25. The molecular weight excluding hydrogens is 254 g/mol. The number of Topliss-reactive ketones (excluding diaryl/α,β-unsaturated/α-hetero) is 1. The minimum atomic E-state index is -0.732. The van der Waals surface area contributed by atoms with Gasteiger partial charge in [-0.3, -0.25) is 4.79 Å². The van der Waals surface area contributed by atoms with Crippen molar-refractivity contribution in [1.29, 1.82) is 0 Å². The maximum absolute atomic E-state index is 11.6. The molecular formula is C16H19NO3. The normalized spacial score (nSPS) is 18.8. The Morgan fingerprint density at radius 1 is 1.50 bits per heavy atom. The Kier molecular flexibility index (Phi) is 3.63. The molecule has 4 heteroatoms. The van der Waals surface area contributed by atoms with Crippen molar-refractivity contribution >= 4 is 17.9 Å². The predicted octanol–water partition coefficient (Wildman–Crippen LogP) is 2.50. The van der Waals surface area contributed by atoms with Crippen LogP contribution < -0.4 is 0 Å². The molecule has 4 nitrogen and oxygen atoms in total. The largest absolute Gasteiger partial charge is 0.475 e. The van der Waals surface area contributed by atoms with E-state index in [1.54, 1.807) is 12.1 Å². The van der Waals surface area contributed by atoms with Crippen LogP contribution in [0.15, 0.2) is 29.3 Å². The van der Waals surface area contributed by atoms with Crippen LogP contribution in [-0.2, 0) is 14.3 Å². The Balaban J connectivity index is 2.22. The lowest BCUT2D eigenvalue weighted by molar-refractivity contribution is -0.120. The van der Waals surface area contributed by atoms with E-state index in [4.69, 9.17) is 6.11 Å². The highest BCUT2D eigenvalue weighted by atomic mass is 16.5. The predicted molar refractivity (Wildman–Crippen MR) is 77.1 cm³/mol. The summed E-state index contributed by atoms with van der Waals surface area (Å²) < 4.78 is 12.6. The number of ketones is 1. The van der Waals surface area contributed by atoms with Crippen LogP contribution in [0.25, 0.3) is 0 Å². The monoisotopic (exact) mass is 274 g/mol. The van der Waals surface area contributed by atoms with Crippen molar-refractivity contribution in [3.05, 3.63) is 35.4 Å². The molecule has 1 atom stereocenters. The maximum atomic E-state index is 11.6. The lowest BCUT2D eigenvalue weighted by Gasteiger charge is -2.11. The van der Waals surface area contributed by atoms with Crippen molar-refractivity contribution in [2.24, 2.45) is 4.99 Å². The quantitative estimate of drug-likeness (QED) is 0.775. The smallest absolute Gasteiger partial charge is 0.216 e. The molecule has 2 rings (SSSR count). The Hall–Kier alpha value is -1.97. The van der Waals surface area contributed by atoms with Gasteiger partial charge in [-0.25, -0.2) is 4.99 Å². The average molecular weight is 274 g/mol. The number of carbonyl (C=O) groups is 2. The van der Waals surface area contributed by atoms with E-state index in [2.05, 4.69) is 4.99 Å². The standard InChI is InChI=1S/C16H19NO3/c1-11(19)14(8-9-18)12-4-6-13(7-5-12)15-17-16(2,3)10-20-15/h4-7,9,14H,8,10H2,1-3H3/i9D. The molecule has 0 saturated heterocycles. The van der Waals surface area contributed by atoms with Crippen LogP contribution in [0.3, 0.4) is 0 Å². The highest BCUT2D eigenvalue weighted by molar-refractivity contribution is 5.95. The van der Waals surface area contributed by atoms with Crippen molar-refractivity contribution < 1.29 is 15.7 Å². The van der Waals surface area contributed by atoms with Crippen LogP contribution in [0, 0.1) is 0 Å². The second kappa shape index (κ2) is 5.57. The van der Waals surface area contributed by atoms with Crippen LogP contribution in [0.2, 0.25) is 0 Å². The van der Waals surface area contributed by atoms with Gasteiger partial charge >= 0.3 is 0 Å². The lowest BCUT2D eigenvalue weighted by Crippen LogP contribution is -2.17. The Bertz CT molecular complexity index is 590. The Labute approximate surface area is 120 Å². The molecule has 0 radical (unpaired) electrons. The summed E-state index contributed by atoms with van der Waals surface area (Å²) in [6.45, 7) is 5.99. The van der Waals surface area contributed by atoms with Crippen LogP contribution >= 0.6 is 0 Å². The van der Waals surface area contributed by atoms with Crippen LogP contribution in [-0.4, -0.2) is 30.1 Å². The summed E-state index contributed by atoms with van der Waals surface area (Å²) in [5, 5.41) is 0. The van der Waals surface area contributed by atoms with Crippen molar-refractivity contribution in [3.8, 4) is 0 Å². The molecule has 0 fully saturated rings. The van der Waals surface area contributed by atoms with Crippen molar-refractivity contribution in [2.75, 3.05) is 6.61 Å². The number of hydrogen-bond donors (Lipinski definition) is 0. The third-order valence-corrected chi connectivity index (χ3v) is 3.30. The number of carbonyl (C=O) groups excluding carboxylic acids is 2. The van der Waals surface area contributed by atoms with Gasteiger partial charge in [0, 0.05) is 17.9 Å². The zero-order valence-electron chi connectivity index (χ0n) is 13.0. The van der Waals surface area contributed by atoms with E-state index in [0.29, 0.717) is 12.5 Å². The first-order valence-electron chi connectivity index (χ1n) is 7.11. The first-order chi connectivity index (χ1) is 9.78. The van der Waals surface area contributed by atoms with Gasteiger partial charge < -0.3 is 9.53 Å². The number of hydrogen-bond acceptors (Lipinski definition) is 4. The molecule has 0 saturated carbocycles. The number of benzene rings is 1. The average Bonchev–Trinajstić information content (AvgIpc) is 2.76. The summed E-state index contributed by atoms with van der Waals surface area (Å²) in [5.74, 6) is -0.0617. The van der Waals surface area contributed by atoms with E-state index in [-0.39, 0.29) is 17.7 Å². The third-order valence-electron chi connectivity index (χ3n) is 3.30. The molecule has 1 aromatic carbocycles. The van der Waals surface area contributed by atoms with Gasteiger partial charge in [-0.15, -0.1) is 0 Å². The zero-order valence-corrected chi connectivity index (χ0v) is 12.0.